The summed E-state index contributed by atoms with van der Waals surface area (Å²) >= 11 is 0. The molecule has 0 spiro atoms. The highest BCUT2D eigenvalue weighted by molar-refractivity contribution is 7.47. The maximum atomic E-state index is 13.1. The van der Waals surface area contributed by atoms with Gasteiger partial charge in [-0.3, -0.25) is 37.3 Å². The van der Waals surface area contributed by atoms with Crippen LogP contribution in [-0.4, -0.2) is 96.7 Å². The van der Waals surface area contributed by atoms with E-state index in [2.05, 4.69) is 107 Å². The van der Waals surface area contributed by atoms with Gasteiger partial charge in [-0.25, -0.2) is 9.13 Å². The second-order valence-corrected chi connectivity index (χ2v) is 29.2. The maximum absolute atomic E-state index is 13.1. The van der Waals surface area contributed by atoms with Crippen LogP contribution in [0.15, 0.2) is 97.2 Å². The number of hydrogen-bond acceptors (Lipinski definition) is 15. The number of phosphoric acid groups is 2. The van der Waals surface area contributed by atoms with Crippen molar-refractivity contribution in [2.45, 2.75) is 354 Å². The van der Waals surface area contributed by atoms with Crippen molar-refractivity contribution in [3.05, 3.63) is 97.2 Å². The van der Waals surface area contributed by atoms with Crippen LogP contribution in [0.1, 0.15) is 336 Å². The first-order valence-corrected chi connectivity index (χ1v) is 42.5. The molecule has 0 aromatic carbocycles. The van der Waals surface area contributed by atoms with Crippen molar-refractivity contribution in [2.24, 2.45) is 0 Å². The third-order valence-electron chi connectivity index (χ3n) is 16.5. The van der Waals surface area contributed by atoms with Gasteiger partial charge in [-0.15, -0.1) is 0 Å². The van der Waals surface area contributed by atoms with E-state index < -0.39 is 97.5 Å². The van der Waals surface area contributed by atoms with E-state index in [0.717, 1.165) is 141 Å². The SMILES string of the molecule is CCCCC/C=C\C/C=C\C/C=C\C/C=C\C/C=C\CCC(=O)O[C@H](COC(=O)CCCCCCC/C=C\CCCCCC)COP(=O)(O)OC[C@H](O)COP(=O)(O)OC[C@@H](COC(=O)CCCCCCCCC/C=C\CCCCCC)OC(=O)CCCCCCC/C=C\CCCCCC. The Kier molecular flexibility index (Phi) is 70.4. The quantitative estimate of drug-likeness (QED) is 0.0169. The maximum Gasteiger partial charge on any atom is 0.472 e. The van der Waals surface area contributed by atoms with Gasteiger partial charge < -0.3 is 33.8 Å². The van der Waals surface area contributed by atoms with Gasteiger partial charge >= 0.3 is 39.5 Å². The van der Waals surface area contributed by atoms with Crippen molar-refractivity contribution in [2.75, 3.05) is 39.6 Å². The number of carbonyl (C=O) groups is 4. The zero-order valence-corrected chi connectivity index (χ0v) is 64.9. The molecule has 5 atom stereocenters. The van der Waals surface area contributed by atoms with Gasteiger partial charge in [0.2, 0.25) is 0 Å². The lowest BCUT2D eigenvalue weighted by atomic mass is 10.1. The van der Waals surface area contributed by atoms with Crippen LogP contribution in [0.4, 0.5) is 0 Å². The summed E-state index contributed by atoms with van der Waals surface area (Å²) in [4.78, 5) is 72.9. The highest BCUT2D eigenvalue weighted by atomic mass is 31.2. The summed E-state index contributed by atoms with van der Waals surface area (Å²) in [7, 11) is -9.98. The summed E-state index contributed by atoms with van der Waals surface area (Å²) in [5.74, 6) is -2.28. The normalized spacial score (nSPS) is 14.4. The zero-order valence-electron chi connectivity index (χ0n) is 63.1. The molecular weight excluding hydrogens is 1310 g/mol. The van der Waals surface area contributed by atoms with Gasteiger partial charge in [0.05, 0.1) is 26.4 Å². The number of phosphoric ester groups is 2. The lowest BCUT2D eigenvalue weighted by Gasteiger charge is -2.21. The van der Waals surface area contributed by atoms with Gasteiger partial charge in [-0.2, -0.15) is 0 Å². The van der Waals surface area contributed by atoms with E-state index in [4.69, 9.17) is 37.0 Å². The monoisotopic (exact) mass is 1450 g/mol. The van der Waals surface area contributed by atoms with Crippen LogP contribution in [0.25, 0.3) is 0 Å². The Morgan fingerprint density at radius 1 is 0.280 bits per heavy atom. The third kappa shape index (κ3) is 72.3. The fraction of sp³-hybridized carbons (Fsp3) is 0.753. The predicted molar refractivity (Wildman–Crippen MR) is 409 cm³/mol. The van der Waals surface area contributed by atoms with E-state index in [1.165, 1.54) is 109 Å². The number of hydrogen-bond donors (Lipinski definition) is 3. The van der Waals surface area contributed by atoms with Crippen molar-refractivity contribution < 1.29 is 80.2 Å². The average Bonchev–Trinajstić information content (AvgIpc) is 0.929. The van der Waals surface area contributed by atoms with Crippen molar-refractivity contribution >= 4 is 39.5 Å². The van der Waals surface area contributed by atoms with Crippen molar-refractivity contribution in [3.63, 3.8) is 0 Å². The molecule has 17 nitrogen and oxygen atoms in total. The summed E-state index contributed by atoms with van der Waals surface area (Å²) in [5, 5.41) is 10.6. The Labute approximate surface area is 607 Å². The molecular formula is C81H142O17P2. The molecule has 0 aliphatic heterocycles. The van der Waals surface area contributed by atoms with Crippen molar-refractivity contribution in [3.8, 4) is 0 Å². The molecule has 0 aromatic heterocycles. The van der Waals surface area contributed by atoms with E-state index in [0.29, 0.717) is 32.1 Å². The molecule has 0 heterocycles. The summed E-state index contributed by atoms with van der Waals surface area (Å²) in [6.07, 6.45) is 76.9. The molecule has 0 rings (SSSR count). The molecule has 0 radical (unpaired) electrons. The topological polar surface area (TPSA) is 237 Å². The van der Waals surface area contributed by atoms with Crippen LogP contribution < -0.4 is 0 Å². The molecule has 0 saturated carbocycles. The first-order chi connectivity index (χ1) is 48.7. The van der Waals surface area contributed by atoms with Gasteiger partial charge in [0.15, 0.2) is 12.2 Å². The molecule has 0 aromatic rings. The molecule has 0 aliphatic rings. The van der Waals surface area contributed by atoms with Crippen LogP contribution in [0, 0.1) is 0 Å². The molecule has 19 heteroatoms. The second kappa shape index (κ2) is 73.3. The van der Waals surface area contributed by atoms with E-state index in [-0.39, 0.29) is 25.7 Å². The molecule has 2 unspecified atom stereocenters. The summed E-state index contributed by atoms with van der Waals surface area (Å²) < 4.78 is 68.4. The number of carbonyl (C=O) groups excluding carboxylic acids is 4. The zero-order chi connectivity index (χ0) is 73.2. The molecule has 0 amide bonds. The van der Waals surface area contributed by atoms with Gasteiger partial charge in [0, 0.05) is 25.7 Å². The van der Waals surface area contributed by atoms with Crippen molar-refractivity contribution in [1.29, 1.82) is 0 Å². The number of aliphatic hydroxyl groups is 1. The lowest BCUT2D eigenvalue weighted by Crippen LogP contribution is -2.30. The average molecular weight is 1450 g/mol. The number of unbranched alkanes of at least 4 members (excludes halogenated alkanes) is 32. The minimum atomic E-state index is -4.99. The molecule has 100 heavy (non-hydrogen) atoms. The van der Waals surface area contributed by atoms with Crippen LogP contribution >= 0.6 is 15.6 Å². The minimum Gasteiger partial charge on any atom is -0.462 e. The molecule has 0 saturated heterocycles. The van der Waals surface area contributed by atoms with Crippen LogP contribution in [-0.2, 0) is 65.4 Å². The summed E-state index contributed by atoms with van der Waals surface area (Å²) in [5.41, 5.74) is 0. The Balaban J connectivity index is 5.41. The standard InChI is InChI=1S/C81H142O17P2/c1-5-9-13-17-21-25-29-33-35-36-37-38-40-44-48-52-56-60-64-68-81(86)98-77(71-91-78(83)65-61-57-53-49-45-41-31-27-23-19-15-11-7-3)74-96-100(89,90)94-70-75(82)69-93-99(87,88)95-73-76(97-80(85)67-63-59-55-51-47-42-32-28-24-20-16-12-8-4)72-92-79(84)66-62-58-54-50-46-43-39-34-30-26-22-18-14-10-6-2/h21,25-28,30-33,35,37-38,44,48,56,60,75-77,82H,5-20,22-24,29,34,36,39-43,45-47,49-55,57-59,61-74H2,1-4H3,(H,87,88)(H,89,90)/b25-21-,30-26-,31-27-,32-28-,35-33-,38-37-,48-44-,60-56-/t75-,76-,77-/m1/s1. The predicted octanol–water partition coefficient (Wildman–Crippen LogP) is 22.8. The number of esters is 4. The second-order valence-electron chi connectivity index (χ2n) is 26.3. The largest absolute Gasteiger partial charge is 0.472 e. The molecule has 0 bridgehead atoms. The number of rotatable bonds is 74. The fourth-order valence-corrected chi connectivity index (χ4v) is 12.0. The third-order valence-corrected chi connectivity index (χ3v) is 18.4. The van der Waals surface area contributed by atoms with E-state index in [1.807, 2.05) is 18.2 Å². The van der Waals surface area contributed by atoms with E-state index in [9.17, 15) is 43.2 Å². The molecule has 3 N–H and O–H groups in total. The van der Waals surface area contributed by atoms with Gasteiger partial charge in [0.1, 0.15) is 19.3 Å². The fourth-order valence-electron chi connectivity index (χ4n) is 10.4. The first-order valence-electron chi connectivity index (χ1n) is 39.5. The van der Waals surface area contributed by atoms with Crippen LogP contribution in [0.2, 0.25) is 0 Å². The minimum absolute atomic E-state index is 0.0297. The lowest BCUT2D eigenvalue weighted by molar-refractivity contribution is -0.161. The Hall–Kier alpha value is -4.02. The van der Waals surface area contributed by atoms with Gasteiger partial charge in [-0.05, 0) is 141 Å². The van der Waals surface area contributed by atoms with Crippen LogP contribution in [0.5, 0.6) is 0 Å². The van der Waals surface area contributed by atoms with Gasteiger partial charge in [0.25, 0.3) is 0 Å². The van der Waals surface area contributed by atoms with Crippen molar-refractivity contribution in [1.82, 2.24) is 0 Å². The Morgan fingerprint density at radius 2 is 0.510 bits per heavy atom. The number of allylic oxidation sites excluding steroid dienone is 16. The smallest absolute Gasteiger partial charge is 0.462 e. The van der Waals surface area contributed by atoms with E-state index in [1.54, 1.807) is 0 Å². The molecule has 578 valence electrons. The first kappa shape index (κ1) is 96.0. The Bertz CT molecular complexity index is 2270. The molecule has 0 fully saturated rings. The number of ether oxygens (including phenoxy) is 4. The van der Waals surface area contributed by atoms with E-state index >= 15 is 0 Å². The van der Waals surface area contributed by atoms with Crippen LogP contribution in [0.3, 0.4) is 0 Å². The highest BCUT2D eigenvalue weighted by Gasteiger charge is 2.30. The summed E-state index contributed by atoms with van der Waals surface area (Å²) in [6.45, 7) is 4.72. The Morgan fingerprint density at radius 3 is 0.840 bits per heavy atom. The van der Waals surface area contributed by atoms with Gasteiger partial charge in [-0.1, -0.05) is 266 Å². The molecule has 0 aliphatic carbocycles. The highest BCUT2D eigenvalue weighted by Crippen LogP contribution is 2.45. The summed E-state index contributed by atoms with van der Waals surface area (Å²) in [6, 6.07) is 0. The number of aliphatic hydroxyl groups excluding tert-OH is 1.